The third-order valence-electron chi connectivity index (χ3n) is 2.90. The van der Waals surface area contributed by atoms with Gasteiger partial charge in [0.2, 0.25) is 5.95 Å². The molecular weight excluding hydrogens is 244 g/mol. The van der Waals surface area contributed by atoms with E-state index in [0.717, 1.165) is 6.54 Å². The molecule has 19 heavy (non-hydrogen) atoms. The number of hydrogen-bond acceptors (Lipinski definition) is 7. The van der Waals surface area contributed by atoms with Gasteiger partial charge in [0.15, 0.2) is 11.6 Å². The number of aliphatic hydroxyl groups is 1. The zero-order chi connectivity index (χ0) is 14.2. The Bertz CT molecular complexity index is 470. The van der Waals surface area contributed by atoms with Crippen LogP contribution in [0.15, 0.2) is 0 Å². The van der Waals surface area contributed by atoms with Gasteiger partial charge in [-0.1, -0.05) is 0 Å². The second-order valence-corrected chi connectivity index (χ2v) is 5.93. The summed E-state index contributed by atoms with van der Waals surface area (Å²) in [5.74, 6) is 1.31. The van der Waals surface area contributed by atoms with Crippen LogP contribution in [0, 0.1) is 0 Å². The SMILES string of the molecule is CC(C)(C)Nc1nc(N)c(N)c(N2CCC(O)C2)n1. The number of anilines is 4. The van der Waals surface area contributed by atoms with Crippen LogP contribution in [-0.2, 0) is 0 Å². The van der Waals surface area contributed by atoms with Crippen LogP contribution in [0.4, 0.5) is 23.3 Å². The van der Waals surface area contributed by atoms with Crippen LogP contribution in [0.3, 0.4) is 0 Å². The summed E-state index contributed by atoms with van der Waals surface area (Å²) in [6.07, 6.45) is 0.375. The van der Waals surface area contributed by atoms with E-state index >= 15 is 0 Å². The summed E-state index contributed by atoms with van der Waals surface area (Å²) in [5, 5.41) is 12.8. The zero-order valence-corrected chi connectivity index (χ0v) is 11.6. The number of nitrogens with zero attached hydrogens (tertiary/aromatic N) is 3. The highest BCUT2D eigenvalue weighted by molar-refractivity contribution is 5.75. The fraction of sp³-hybridized carbons (Fsp3) is 0.667. The molecule has 1 aliphatic rings. The molecule has 0 aromatic carbocycles. The Balaban J connectivity index is 2.32. The maximum absolute atomic E-state index is 9.60. The molecule has 1 fully saturated rings. The fourth-order valence-electron chi connectivity index (χ4n) is 2.04. The number of hydrogen-bond donors (Lipinski definition) is 4. The lowest BCUT2D eigenvalue weighted by molar-refractivity contribution is 0.198. The second kappa shape index (κ2) is 4.73. The maximum Gasteiger partial charge on any atom is 0.227 e. The molecule has 1 saturated heterocycles. The molecule has 0 amide bonds. The van der Waals surface area contributed by atoms with Crippen molar-refractivity contribution in [2.75, 3.05) is 34.8 Å². The molecule has 1 unspecified atom stereocenters. The number of β-amino-alcohol motifs (C(OH)–C–C–N with tert-alkyl or cyclic N) is 1. The van der Waals surface area contributed by atoms with Crippen LogP contribution >= 0.6 is 0 Å². The van der Waals surface area contributed by atoms with Gasteiger partial charge in [0, 0.05) is 18.6 Å². The molecule has 6 N–H and O–H groups in total. The fourth-order valence-corrected chi connectivity index (χ4v) is 2.04. The van der Waals surface area contributed by atoms with Gasteiger partial charge < -0.3 is 26.8 Å². The van der Waals surface area contributed by atoms with Crippen molar-refractivity contribution in [3.05, 3.63) is 0 Å². The average molecular weight is 266 g/mol. The summed E-state index contributed by atoms with van der Waals surface area (Å²) >= 11 is 0. The highest BCUT2D eigenvalue weighted by Crippen LogP contribution is 2.30. The molecule has 7 heteroatoms. The molecule has 2 heterocycles. The minimum Gasteiger partial charge on any atom is -0.393 e. The molecule has 0 aliphatic carbocycles. The molecule has 0 saturated carbocycles. The van der Waals surface area contributed by atoms with Gasteiger partial charge in [0.25, 0.3) is 0 Å². The minimum atomic E-state index is -0.338. The molecule has 0 spiro atoms. The third kappa shape index (κ3) is 3.17. The summed E-state index contributed by atoms with van der Waals surface area (Å²) in [7, 11) is 0. The number of nitrogen functional groups attached to an aromatic ring is 2. The summed E-state index contributed by atoms with van der Waals surface area (Å²) < 4.78 is 0. The minimum absolute atomic E-state index is 0.162. The normalized spacial score (nSPS) is 19.8. The first-order valence-corrected chi connectivity index (χ1v) is 6.40. The Morgan fingerprint density at radius 1 is 1.32 bits per heavy atom. The quantitative estimate of drug-likeness (QED) is 0.613. The number of rotatable bonds is 2. The van der Waals surface area contributed by atoms with E-state index in [9.17, 15) is 5.11 Å². The van der Waals surface area contributed by atoms with E-state index in [2.05, 4.69) is 15.3 Å². The van der Waals surface area contributed by atoms with Gasteiger partial charge in [-0.2, -0.15) is 9.97 Å². The molecule has 7 nitrogen and oxygen atoms in total. The van der Waals surface area contributed by atoms with Gasteiger partial charge in [-0.25, -0.2) is 0 Å². The summed E-state index contributed by atoms with van der Waals surface area (Å²) in [5.41, 5.74) is 12.0. The molecule has 2 rings (SSSR count). The Hall–Kier alpha value is -1.76. The highest BCUT2D eigenvalue weighted by Gasteiger charge is 2.25. The second-order valence-electron chi connectivity index (χ2n) is 5.93. The smallest absolute Gasteiger partial charge is 0.227 e. The van der Waals surface area contributed by atoms with Crippen LogP contribution in [-0.4, -0.2) is 39.8 Å². The van der Waals surface area contributed by atoms with Crippen LogP contribution in [0.5, 0.6) is 0 Å². The average Bonchev–Trinajstić information content (AvgIpc) is 2.67. The molecule has 0 bridgehead atoms. The standard InChI is InChI=1S/C12H22N6O/c1-12(2,3)17-11-15-9(14)8(13)10(16-11)18-5-4-7(19)6-18/h7,19H,4-6,13H2,1-3H3,(H3,14,15,16,17). The van der Waals surface area contributed by atoms with Crippen molar-refractivity contribution in [3.63, 3.8) is 0 Å². The summed E-state index contributed by atoms with van der Waals surface area (Å²) in [6.45, 7) is 7.29. The first-order chi connectivity index (χ1) is 8.76. The topological polar surface area (TPSA) is 113 Å². The first-order valence-electron chi connectivity index (χ1n) is 6.40. The molecule has 1 aromatic rings. The zero-order valence-electron chi connectivity index (χ0n) is 11.6. The number of nitrogens with two attached hydrogens (primary N) is 2. The van der Waals surface area contributed by atoms with E-state index in [1.165, 1.54) is 0 Å². The van der Waals surface area contributed by atoms with E-state index in [-0.39, 0.29) is 17.5 Å². The van der Waals surface area contributed by atoms with E-state index in [1.807, 2.05) is 25.7 Å². The molecule has 1 aromatic heterocycles. The molecule has 1 aliphatic heterocycles. The van der Waals surface area contributed by atoms with E-state index in [1.54, 1.807) is 0 Å². The number of aromatic nitrogens is 2. The van der Waals surface area contributed by atoms with Crippen LogP contribution in [0.2, 0.25) is 0 Å². The van der Waals surface area contributed by atoms with Crippen LogP contribution in [0.25, 0.3) is 0 Å². The lowest BCUT2D eigenvalue weighted by Gasteiger charge is -2.24. The van der Waals surface area contributed by atoms with Gasteiger partial charge in [0.05, 0.1) is 6.10 Å². The van der Waals surface area contributed by atoms with Crippen molar-refractivity contribution < 1.29 is 5.11 Å². The van der Waals surface area contributed by atoms with Crippen molar-refractivity contribution in [1.29, 1.82) is 0 Å². The van der Waals surface area contributed by atoms with Gasteiger partial charge in [0.1, 0.15) is 5.69 Å². The van der Waals surface area contributed by atoms with E-state index < -0.39 is 0 Å². The van der Waals surface area contributed by atoms with Crippen molar-refractivity contribution in [3.8, 4) is 0 Å². The van der Waals surface area contributed by atoms with Crippen LogP contribution < -0.4 is 21.7 Å². The van der Waals surface area contributed by atoms with E-state index in [4.69, 9.17) is 11.5 Å². The molecular formula is C12H22N6O. The van der Waals surface area contributed by atoms with E-state index in [0.29, 0.717) is 30.4 Å². The largest absolute Gasteiger partial charge is 0.393 e. The monoisotopic (exact) mass is 266 g/mol. The van der Waals surface area contributed by atoms with Crippen molar-refractivity contribution >= 4 is 23.3 Å². The Morgan fingerprint density at radius 3 is 2.53 bits per heavy atom. The Kier molecular flexibility index (Phi) is 3.40. The summed E-state index contributed by atoms with van der Waals surface area (Å²) in [6, 6.07) is 0. The third-order valence-corrected chi connectivity index (χ3v) is 2.90. The van der Waals surface area contributed by atoms with Gasteiger partial charge >= 0.3 is 0 Å². The van der Waals surface area contributed by atoms with Crippen molar-refractivity contribution in [2.45, 2.75) is 38.8 Å². The molecule has 0 radical (unpaired) electrons. The van der Waals surface area contributed by atoms with Crippen LogP contribution in [0.1, 0.15) is 27.2 Å². The highest BCUT2D eigenvalue weighted by atomic mass is 16.3. The number of aliphatic hydroxyl groups excluding tert-OH is 1. The van der Waals surface area contributed by atoms with Gasteiger partial charge in [-0.05, 0) is 27.2 Å². The maximum atomic E-state index is 9.60. The summed E-state index contributed by atoms with van der Waals surface area (Å²) in [4.78, 5) is 10.5. The lowest BCUT2D eigenvalue weighted by atomic mass is 10.1. The van der Waals surface area contributed by atoms with Crippen molar-refractivity contribution in [1.82, 2.24) is 9.97 Å². The predicted octanol–water partition coefficient (Wildman–Crippen LogP) is 0.422. The van der Waals surface area contributed by atoms with Gasteiger partial charge in [-0.15, -0.1) is 0 Å². The first kappa shape index (κ1) is 13.7. The molecule has 106 valence electrons. The Labute approximate surface area is 113 Å². The number of nitrogens with one attached hydrogen (secondary N) is 1. The Morgan fingerprint density at radius 2 is 2.00 bits per heavy atom. The van der Waals surface area contributed by atoms with Crippen molar-refractivity contribution in [2.24, 2.45) is 0 Å². The molecule has 1 atom stereocenters. The lowest BCUT2D eigenvalue weighted by Crippen LogP contribution is -2.29. The predicted molar refractivity (Wildman–Crippen MR) is 77.1 cm³/mol. The van der Waals surface area contributed by atoms with Gasteiger partial charge in [-0.3, -0.25) is 0 Å².